The maximum atomic E-state index is 12.5. The fourth-order valence-electron chi connectivity index (χ4n) is 3.60. The molecule has 5 aromatic rings. The summed E-state index contributed by atoms with van der Waals surface area (Å²) >= 11 is 3.52. The zero-order valence-corrected chi connectivity index (χ0v) is 17.5. The summed E-state index contributed by atoms with van der Waals surface area (Å²) in [6.45, 7) is 0.411. The number of hydrogen-bond acceptors (Lipinski definition) is 3. The second kappa shape index (κ2) is 7.76. The van der Waals surface area contributed by atoms with Crippen molar-refractivity contribution >= 4 is 37.6 Å². The highest BCUT2D eigenvalue weighted by Crippen LogP contribution is 2.32. The summed E-state index contributed by atoms with van der Waals surface area (Å²) in [5, 5.41) is 2.90. The zero-order valence-electron chi connectivity index (χ0n) is 15.9. The SMILES string of the molecule is O=c1[nH]c(-c2cc(Br)ccc2OCc2cccc3ccccc23)nc2ccccc12. The Morgan fingerprint density at radius 1 is 0.867 bits per heavy atom. The Morgan fingerprint density at radius 2 is 1.63 bits per heavy atom. The van der Waals surface area contributed by atoms with Crippen LogP contribution in [-0.4, -0.2) is 9.97 Å². The lowest BCUT2D eigenvalue weighted by atomic mass is 10.1. The van der Waals surface area contributed by atoms with Crippen molar-refractivity contribution in [3.8, 4) is 17.1 Å². The van der Waals surface area contributed by atoms with Crippen LogP contribution in [0.3, 0.4) is 0 Å². The van der Waals surface area contributed by atoms with Crippen LogP contribution in [0.2, 0.25) is 0 Å². The summed E-state index contributed by atoms with van der Waals surface area (Å²) in [4.78, 5) is 20.1. The van der Waals surface area contributed by atoms with Gasteiger partial charge in [0, 0.05) is 4.47 Å². The van der Waals surface area contributed by atoms with Gasteiger partial charge in [-0.25, -0.2) is 4.98 Å². The molecular formula is C25H17BrN2O2. The van der Waals surface area contributed by atoms with Crippen LogP contribution in [0, 0.1) is 0 Å². The van der Waals surface area contributed by atoms with Crippen LogP contribution in [0.15, 0.2) is 94.2 Å². The molecule has 0 saturated carbocycles. The van der Waals surface area contributed by atoms with E-state index >= 15 is 0 Å². The maximum absolute atomic E-state index is 12.5. The van der Waals surface area contributed by atoms with Gasteiger partial charge in [-0.1, -0.05) is 70.5 Å². The standard InChI is InChI=1S/C25H17BrN2O2/c26-18-12-13-23(30-15-17-8-5-7-16-6-1-2-9-19(16)17)21(14-18)24-27-22-11-4-3-10-20(22)25(29)28-24/h1-14H,15H2,(H,27,28,29). The van der Waals surface area contributed by atoms with Crippen molar-refractivity contribution in [2.24, 2.45) is 0 Å². The molecule has 0 aliphatic rings. The number of hydrogen-bond donors (Lipinski definition) is 1. The fourth-order valence-corrected chi connectivity index (χ4v) is 3.96. The van der Waals surface area contributed by atoms with E-state index in [1.807, 2.05) is 54.6 Å². The highest BCUT2D eigenvalue weighted by atomic mass is 79.9. The number of nitrogens with zero attached hydrogens (tertiary/aromatic N) is 1. The van der Waals surface area contributed by atoms with Crippen LogP contribution in [-0.2, 0) is 6.61 Å². The first-order valence-corrected chi connectivity index (χ1v) is 10.4. The summed E-state index contributed by atoms with van der Waals surface area (Å²) in [7, 11) is 0. The van der Waals surface area contributed by atoms with Crippen molar-refractivity contribution < 1.29 is 4.74 Å². The number of fused-ring (bicyclic) bond motifs is 2. The predicted octanol–water partition coefficient (Wildman–Crippen LogP) is 6.08. The van der Waals surface area contributed by atoms with Gasteiger partial charge < -0.3 is 9.72 Å². The molecule has 1 aromatic heterocycles. The van der Waals surface area contributed by atoms with E-state index in [0.717, 1.165) is 21.0 Å². The summed E-state index contributed by atoms with van der Waals surface area (Å²) in [6.07, 6.45) is 0. The third-order valence-electron chi connectivity index (χ3n) is 5.07. The second-order valence-electron chi connectivity index (χ2n) is 7.00. The van der Waals surface area contributed by atoms with Crippen molar-refractivity contribution in [1.29, 1.82) is 0 Å². The lowest BCUT2D eigenvalue weighted by Gasteiger charge is -2.13. The molecular weight excluding hydrogens is 440 g/mol. The first kappa shape index (κ1) is 18.6. The van der Waals surface area contributed by atoms with E-state index in [4.69, 9.17) is 4.74 Å². The lowest BCUT2D eigenvalue weighted by molar-refractivity contribution is 0.309. The Morgan fingerprint density at radius 3 is 2.53 bits per heavy atom. The number of para-hydroxylation sites is 1. The van der Waals surface area contributed by atoms with Crippen molar-refractivity contribution in [3.05, 3.63) is 105 Å². The molecule has 4 aromatic carbocycles. The molecule has 4 nitrogen and oxygen atoms in total. The molecule has 1 heterocycles. The number of ether oxygens (including phenoxy) is 1. The normalized spacial score (nSPS) is 11.1. The summed E-state index contributed by atoms with van der Waals surface area (Å²) < 4.78 is 7.09. The number of benzene rings is 4. The molecule has 5 heteroatoms. The molecule has 0 amide bonds. The van der Waals surface area contributed by atoms with Gasteiger partial charge in [-0.05, 0) is 46.7 Å². The Kier molecular flexibility index (Phi) is 4.81. The van der Waals surface area contributed by atoms with Gasteiger partial charge in [0.1, 0.15) is 18.2 Å². The van der Waals surface area contributed by atoms with E-state index in [-0.39, 0.29) is 5.56 Å². The van der Waals surface area contributed by atoms with Crippen LogP contribution in [0.25, 0.3) is 33.1 Å². The van der Waals surface area contributed by atoms with Crippen LogP contribution in [0.4, 0.5) is 0 Å². The lowest BCUT2D eigenvalue weighted by Crippen LogP contribution is -2.10. The van der Waals surface area contributed by atoms with Gasteiger partial charge in [-0.15, -0.1) is 0 Å². The molecule has 0 saturated heterocycles. The minimum Gasteiger partial charge on any atom is -0.488 e. The predicted molar refractivity (Wildman–Crippen MR) is 124 cm³/mol. The number of rotatable bonds is 4. The molecule has 0 aliphatic heterocycles. The van der Waals surface area contributed by atoms with Crippen LogP contribution < -0.4 is 10.3 Å². The monoisotopic (exact) mass is 456 g/mol. The molecule has 146 valence electrons. The highest BCUT2D eigenvalue weighted by molar-refractivity contribution is 9.10. The maximum Gasteiger partial charge on any atom is 0.259 e. The third-order valence-corrected chi connectivity index (χ3v) is 5.57. The van der Waals surface area contributed by atoms with Crippen molar-refractivity contribution in [3.63, 3.8) is 0 Å². The fraction of sp³-hybridized carbons (Fsp3) is 0.0400. The van der Waals surface area contributed by atoms with E-state index in [1.165, 1.54) is 5.39 Å². The van der Waals surface area contributed by atoms with E-state index in [1.54, 1.807) is 6.07 Å². The number of halogens is 1. The molecule has 0 spiro atoms. The zero-order chi connectivity index (χ0) is 20.5. The minimum absolute atomic E-state index is 0.171. The van der Waals surface area contributed by atoms with Gasteiger partial charge >= 0.3 is 0 Å². The molecule has 0 bridgehead atoms. The van der Waals surface area contributed by atoms with E-state index < -0.39 is 0 Å². The van der Waals surface area contributed by atoms with E-state index in [2.05, 4.69) is 50.2 Å². The molecule has 0 radical (unpaired) electrons. The van der Waals surface area contributed by atoms with Crippen molar-refractivity contribution in [1.82, 2.24) is 9.97 Å². The first-order valence-electron chi connectivity index (χ1n) is 9.57. The quantitative estimate of drug-likeness (QED) is 0.356. The molecule has 0 unspecified atom stereocenters. The van der Waals surface area contributed by atoms with Gasteiger partial charge in [0.2, 0.25) is 0 Å². The number of H-pyrrole nitrogens is 1. The molecule has 5 rings (SSSR count). The Bertz CT molecular complexity index is 1440. The number of nitrogens with one attached hydrogen (secondary N) is 1. The summed E-state index contributed by atoms with van der Waals surface area (Å²) in [5.74, 6) is 1.14. The van der Waals surface area contributed by atoms with Gasteiger partial charge in [0.15, 0.2) is 0 Å². The molecule has 0 aliphatic carbocycles. The Balaban J connectivity index is 1.55. The molecule has 0 atom stereocenters. The minimum atomic E-state index is -0.171. The van der Waals surface area contributed by atoms with Gasteiger partial charge in [-0.2, -0.15) is 0 Å². The van der Waals surface area contributed by atoms with Crippen LogP contribution >= 0.6 is 15.9 Å². The highest BCUT2D eigenvalue weighted by Gasteiger charge is 2.13. The van der Waals surface area contributed by atoms with Crippen molar-refractivity contribution in [2.75, 3.05) is 0 Å². The summed E-state index contributed by atoms with van der Waals surface area (Å²) in [6, 6.07) is 27.5. The third kappa shape index (κ3) is 3.48. The van der Waals surface area contributed by atoms with Gasteiger partial charge in [0.25, 0.3) is 5.56 Å². The topological polar surface area (TPSA) is 55.0 Å². The van der Waals surface area contributed by atoms with E-state index in [9.17, 15) is 4.79 Å². The van der Waals surface area contributed by atoms with Gasteiger partial charge in [0.05, 0.1) is 16.5 Å². The average molecular weight is 457 g/mol. The smallest absolute Gasteiger partial charge is 0.259 e. The van der Waals surface area contributed by atoms with Crippen molar-refractivity contribution in [2.45, 2.75) is 6.61 Å². The van der Waals surface area contributed by atoms with Crippen LogP contribution in [0.5, 0.6) is 5.75 Å². The van der Waals surface area contributed by atoms with Gasteiger partial charge in [-0.3, -0.25) is 4.79 Å². The first-order chi connectivity index (χ1) is 14.7. The van der Waals surface area contributed by atoms with Crippen LogP contribution in [0.1, 0.15) is 5.56 Å². The second-order valence-corrected chi connectivity index (χ2v) is 7.91. The van der Waals surface area contributed by atoms with E-state index in [0.29, 0.717) is 29.1 Å². The summed E-state index contributed by atoms with van der Waals surface area (Å²) in [5.41, 5.74) is 2.31. The average Bonchev–Trinajstić information content (AvgIpc) is 2.78. The molecule has 0 fully saturated rings. The number of aromatic amines is 1. The largest absolute Gasteiger partial charge is 0.488 e. The Labute approximate surface area is 181 Å². The molecule has 30 heavy (non-hydrogen) atoms. The molecule has 1 N–H and O–H groups in total. The number of aromatic nitrogens is 2. The Hall–Kier alpha value is -3.44.